The Morgan fingerprint density at radius 1 is 1.40 bits per heavy atom. The molecule has 0 bridgehead atoms. The van der Waals surface area contributed by atoms with E-state index in [2.05, 4.69) is 21.0 Å². The molecule has 1 heterocycles. The fourth-order valence-electron chi connectivity index (χ4n) is 2.18. The van der Waals surface area contributed by atoms with Crippen molar-refractivity contribution in [2.24, 2.45) is 0 Å². The summed E-state index contributed by atoms with van der Waals surface area (Å²) in [4.78, 5) is 0. The minimum Gasteiger partial charge on any atom is -0.388 e. The van der Waals surface area contributed by atoms with Gasteiger partial charge in [-0.15, -0.1) is 0 Å². The van der Waals surface area contributed by atoms with Crippen LogP contribution in [0.5, 0.6) is 0 Å². The van der Waals surface area contributed by atoms with Crippen LogP contribution in [0.25, 0.3) is 0 Å². The first-order valence-corrected chi connectivity index (χ1v) is 7.39. The molecule has 0 aliphatic rings. The monoisotopic (exact) mass is 340 g/mol. The first-order valence-electron chi connectivity index (χ1n) is 6.60. The molecule has 0 saturated carbocycles. The van der Waals surface area contributed by atoms with E-state index < -0.39 is 6.10 Å². The molecule has 0 radical (unpaired) electrons. The predicted molar refractivity (Wildman–Crippen MR) is 80.1 cm³/mol. The summed E-state index contributed by atoms with van der Waals surface area (Å²) in [5, 5.41) is 14.7. The van der Waals surface area contributed by atoms with E-state index in [0.29, 0.717) is 17.5 Å². The normalized spacial score (nSPS) is 12.7. The van der Waals surface area contributed by atoms with Gasteiger partial charge < -0.3 is 5.11 Å². The Kier molecular flexibility index (Phi) is 4.60. The first kappa shape index (κ1) is 15.2. The smallest absolute Gasteiger partial charge is 0.126 e. The van der Waals surface area contributed by atoms with Crippen LogP contribution in [-0.2, 0) is 13.0 Å². The number of rotatable bonds is 4. The maximum atomic E-state index is 13.6. The Morgan fingerprint density at radius 3 is 2.70 bits per heavy atom. The molecular weight excluding hydrogens is 323 g/mol. The summed E-state index contributed by atoms with van der Waals surface area (Å²) in [7, 11) is 0. The number of aromatic nitrogens is 2. The molecule has 2 rings (SSSR count). The first-order chi connectivity index (χ1) is 9.43. The minimum atomic E-state index is -0.747. The van der Waals surface area contributed by atoms with E-state index >= 15 is 0 Å². The lowest BCUT2D eigenvalue weighted by Crippen LogP contribution is -2.09. The molecule has 0 aliphatic heterocycles. The molecule has 5 heteroatoms. The van der Waals surface area contributed by atoms with E-state index in [9.17, 15) is 9.50 Å². The van der Waals surface area contributed by atoms with E-state index in [-0.39, 0.29) is 5.82 Å². The van der Waals surface area contributed by atoms with Gasteiger partial charge in [0.2, 0.25) is 0 Å². The maximum Gasteiger partial charge on any atom is 0.126 e. The van der Waals surface area contributed by atoms with Crippen molar-refractivity contribution in [3.05, 3.63) is 51.0 Å². The van der Waals surface area contributed by atoms with Crippen LogP contribution in [0.15, 0.2) is 22.7 Å². The molecule has 1 unspecified atom stereocenters. The van der Waals surface area contributed by atoms with Crippen molar-refractivity contribution < 1.29 is 9.50 Å². The van der Waals surface area contributed by atoms with E-state index in [1.165, 1.54) is 6.07 Å². The highest BCUT2D eigenvalue weighted by molar-refractivity contribution is 9.10. The maximum absolute atomic E-state index is 13.6. The van der Waals surface area contributed by atoms with Gasteiger partial charge >= 0.3 is 0 Å². The Labute approximate surface area is 126 Å². The second-order valence-electron chi connectivity index (χ2n) is 4.89. The Balaban J connectivity index is 2.27. The molecule has 1 atom stereocenters. The van der Waals surface area contributed by atoms with Crippen LogP contribution in [0.2, 0.25) is 0 Å². The average Bonchev–Trinajstić information content (AvgIpc) is 2.69. The number of benzene rings is 1. The molecule has 0 aliphatic carbocycles. The third-order valence-electron chi connectivity index (χ3n) is 3.42. The van der Waals surface area contributed by atoms with E-state index in [4.69, 9.17) is 0 Å². The second-order valence-corrected chi connectivity index (χ2v) is 5.68. The van der Waals surface area contributed by atoms with Crippen molar-refractivity contribution >= 4 is 15.9 Å². The van der Waals surface area contributed by atoms with Crippen LogP contribution in [0.4, 0.5) is 4.39 Å². The molecule has 0 saturated heterocycles. The summed E-state index contributed by atoms with van der Waals surface area (Å²) in [5.74, 6) is -0.291. The molecule has 0 amide bonds. The van der Waals surface area contributed by atoms with Crippen LogP contribution in [0, 0.1) is 19.7 Å². The fourth-order valence-corrected chi connectivity index (χ4v) is 2.63. The van der Waals surface area contributed by atoms with Gasteiger partial charge in [0.1, 0.15) is 5.82 Å². The fraction of sp³-hybridized carbons (Fsp3) is 0.400. The number of hydrogen-bond donors (Lipinski definition) is 1. The zero-order valence-electron chi connectivity index (χ0n) is 11.8. The SMILES string of the molecule is CCn1nc(C)c(Br)c1CC(O)c1ccc(C)c(F)c1. The van der Waals surface area contributed by atoms with Crippen molar-refractivity contribution in [1.29, 1.82) is 0 Å². The summed E-state index contributed by atoms with van der Waals surface area (Å²) in [6.45, 7) is 6.35. The van der Waals surface area contributed by atoms with Crippen LogP contribution in [-0.4, -0.2) is 14.9 Å². The third-order valence-corrected chi connectivity index (χ3v) is 4.45. The summed E-state index contributed by atoms with van der Waals surface area (Å²) in [5.41, 5.74) is 2.99. The number of hydrogen-bond acceptors (Lipinski definition) is 2. The molecule has 3 nitrogen and oxygen atoms in total. The molecule has 1 N–H and O–H groups in total. The Hall–Kier alpha value is -1.20. The molecule has 0 spiro atoms. The molecule has 1 aromatic heterocycles. The predicted octanol–water partition coefficient (Wildman–Crippen LogP) is 3.70. The Morgan fingerprint density at radius 2 is 2.10 bits per heavy atom. The highest BCUT2D eigenvalue weighted by Gasteiger charge is 2.18. The van der Waals surface area contributed by atoms with Gasteiger partial charge in [-0.25, -0.2) is 4.39 Å². The Bertz CT molecular complexity index is 625. The topological polar surface area (TPSA) is 38.0 Å². The van der Waals surface area contributed by atoms with E-state index in [1.54, 1.807) is 19.1 Å². The van der Waals surface area contributed by atoms with Gasteiger partial charge in [-0.1, -0.05) is 12.1 Å². The number of aryl methyl sites for hydroxylation is 3. The van der Waals surface area contributed by atoms with Crippen molar-refractivity contribution in [3.63, 3.8) is 0 Å². The van der Waals surface area contributed by atoms with Crippen LogP contribution in [0.1, 0.15) is 35.5 Å². The average molecular weight is 341 g/mol. The second kappa shape index (κ2) is 6.06. The van der Waals surface area contributed by atoms with Crippen molar-refractivity contribution in [2.75, 3.05) is 0 Å². The van der Waals surface area contributed by atoms with Crippen molar-refractivity contribution in [2.45, 2.75) is 39.8 Å². The van der Waals surface area contributed by atoms with Crippen LogP contribution >= 0.6 is 15.9 Å². The lowest BCUT2D eigenvalue weighted by atomic mass is 10.0. The number of halogens is 2. The van der Waals surface area contributed by atoms with E-state index in [0.717, 1.165) is 22.4 Å². The number of aliphatic hydroxyl groups is 1. The molecular formula is C15H18BrFN2O. The largest absolute Gasteiger partial charge is 0.388 e. The lowest BCUT2D eigenvalue weighted by Gasteiger charge is -2.13. The molecule has 108 valence electrons. The lowest BCUT2D eigenvalue weighted by molar-refractivity contribution is 0.174. The summed E-state index contributed by atoms with van der Waals surface area (Å²) >= 11 is 3.50. The van der Waals surface area contributed by atoms with Gasteiger partial charge in [-0.05, 0) is 53.9 Å². The van der Waals surface area contributed by atoms with Crippen molar-refractivity contribution in [1.82, 2.24) is 9.78 Å². The number of aliphatic hydroxyl groups excluding tert-OH is 1. The van der Waals surface area contributed by atoms with Gasteiger partial charge in [0, 0.05) is 13.0 Å². The van der Waals surface area contributed by atoms with E-state index in [1.807, 2.05) is 18.5 Å². The minimum absolute atomic E-state index is 0.291. The third kappa shape index (κ3) is 2.94. The van der Waals surface area contributed by atoms with Crippen LogP contribution < -0.4 is 0 Å². The molecule has 1 aromatic carbocycles. The zero-order valence-corrected chi connectivity index (χ0v) is 13.4. The van der Waals surface area contributed by atoms with Gasteiger partial charge in [-0.2, -0.15) is 5.10 Å². The van der Waals surface area contributed by atoms with Gasteiger partial charge in [0.25, 0.3) is 0 Å². The standard InChI is InChI=1S/C15H18BrFN2O/c1-4-19-13(15(16)10(3)18-19)8-14(20)11-6-5-9(2)12(17)7-11/h5-7,14,20H,4,8H2,1-3H3. The van der Waals surface area contributed by atoms with Gasteiger partial charge in [-0.3, -0.25) is 4.68 Å². The zero-order chi connectivity index (χ0) is 14.9. The number of nitrogens with zero attached hydrogens (tertiary/aromatic N) is 2. The van der Waals surface area contributed by atoms with Crippen LogP contribution in [0.3, 0.4) is 0 Å². The van der Waals surface area contributed by atoms with Crippen molar-refractivity contribution in [3.8, 4) is 0 Å². The molecule has 2 aromatic rings. The van der Waals surface area contributed by atoms with Gasteiger partial charge in [0.05, 0.1) is 22.0 Å². The molecule has 20 heavy (non-hydrogen) atoms. The summed E-state index contributed by atoms with van der Waals surface area (Å²) < 4.78 is 16.3. The summed E-state index contributed by atoms with van der Waals surface area (Å²) in [6.07, 6.45) is -0.347. The molecule has 0 fully saturated rings. The highest BCUT2D eigenvalue weighted by atomic mass is 79.9. The highest BCUT2D eigenvalue weighted by Crippen LogP contribution is 2.27. The summed E-state index contributed by atoms with van der Waals surface area (Å²) in [6, 6.07) is 4.84. The van der Waals surface area contributed by atoms with Gasteiger partial charge in [0.15, 0.2) is 0 Å². The quantitative estimate of drug-likeness (QED) is 0.921.